The highest BCUT2D eigenvalue weighted by Gasteiger charge is 2.77. The average Bonchev–Trinajstić information content (AvgIpc) is 3.76. The van der Waals surface area contributed by atoms with Gasteiger partial charge in [-0.3, -0.25) is 19.2 Å². The number of amides is 3. The zero-order valence-electron chi connectivity index (χ0n) is 30.4. The van der Waals surface area contributed by atoms with Crippen molar-refractivity contribution < 1.29 is 33.8 Å². The van der Waals surface area contributed by atoms with Crippen LogP contribution in [0.5, 0.6) is 0 Å². The molecule has 1 N–H and O–H groups in total. The van der Waals surface area contributed by atoms with Crippen molar-refractivity contribution in [2.75, 3.05) is 26.7 Å². The average molecular weight is 779 g/mol. The van der Waals surface area contributed by atoms with Crippen molar-refractivity contribution in [2.24, 2.45) is 11.8 Å². The van der Waals surface area contributed by atoms with Gasteiger partial charge in [-0.15, -0.1) is 13.2 Å². The third kappa shape index (κ3) is 7.50. The van der Waals surface area contributed by atoms with E-state index in [1.165, 1.54) is 4.90 Å². The van der Waals surface area contributed by atoms with Gasteiger partial charge in [0.1, 0.15) is 17.7 Å². The normalized spacial score (nSPS) is 26.3. The van der Waals surface area contributed by atoms with Crippen LogP contribution < -0.4 is 0 Å². The standard InChI is InChI=1S/C41H52BrN3O7/c1-6-9-17-24-44(23-8-3)39(49)37-41-25-30(42)36(52-41)33(34(41)38(48)45(37)31(26-46)28-18-13-11-14-19-28)40(50)51-35(29-20-15-12-16-21-29)27(4)43(5)32(47)22-10-7-2/h7-8,11-16,18-21,27,30-31,33-37,46H,2-3,6,9-10,17,22-26H2,1,4-5H3/t27-,30?,31+,33-,34+,35+,36-,37-,41+/m0/s1. The molecule has 0 aromatic heterocycles. The van der Waals surface area contributed by atoms with E-state index in [0.29, 0.717) is 30.5 Å². The van der Waals surface area contributed by atoms with E-state index >= 15 is 0 Å². The van der Waals surface area contributed by atoms with Crippen LogP contribution >= 0.6 is 15.9 Å². The fourth-order valence-electron chi connectivity index (χ4n) is 8.28. The number of aliphatic hydroxyl groups excluding tert-OH is 1. The van der Waals surface area contributed by atoms with Gasteiger partial charge in [0.2, 0.25) is 17.7 Å². The first-order chi connectivity index (χ1) is 25.1. The van der Waals surface area contributed by atoms with E-state index in [-0.39, 0.29) is 29.6 Å². The van der Waals surface area contributed by atoms with Crippen molar-refractivity contribution >= 4 is 39.6 Å². The largest absolute Gasteiger partial charge is 0.455 e. The maximum Gasteiger partial charge on any atom is 0.313 e. The minimum Gasteiger partial charge on any atom is -0.455 e. The Balaban J connectivity index is 1.55. The highest BCUT2D eigenvalue weighted by molar-refractivity contribution is 9.09. The minimum atomic E-state index is -1.35. The second-order valence-corrected chi connectivity index (χ2v) is 15.3. The number of unbranched alkanes of at least 4 members (excludes halogenated alkanes) is 2. The predicted octanol–water partition coefficient (Wildman–Crippen LogP) is 5.77. The van der Waals surface area contributed by atoms with Crippen LogP contribution in [0, 0.1) is 11.8 Å². The number of nitrogens with zero attached hydrogens (tertiary/aromatic N) is 3. The van der Waals surface area contributed by atoms with Gasteiger partial charge >= 0.3 is 5.97 Å². The van der Waals surface area contributed by atoms with Crippen molar-refractivity contribution in [3.05, 3.63) is 97.1 Å². The number of alkyl halides is 1. The molecule has 0 radical (unpaired) electrons. The SMILES string of the molecule is C=CCCC(=O)N(C)[C@@H](C)[C@@H](OC(=O)[C@@H]1[C@H]2O[C@@]3(CC2Br)[C@H](C(=O)N(CC=C)CCCCC)N([C@H](CO)c2ccccc2)C(=O)[C@@H]13)c1ccccc1. The molecule has 3 saturated heterocycles. The lowest BCUT2D eigenvalue weighted by Gasteiger charge is -2.39. The van der Waals surface area contributed by atoms with Gasteiger partial charge in [-0.2, -0.15) is 0 Å². The van der Waals surface area contributed by atoms with E-state index in [0.717, 1.165) is 19.3 Å². The Bertz CT molecular complexity index is 1590. The number of benzene rings is 2. The molecule has 1 unspecified atom stereocenters. The Morgan fingerprint density at radius 2 is 1.73 bits per heavy atom. The highest BCUT2D eigenvalue weighted by Crippen LogP contribution is 2.61. The molecule has 0 aliphatic carbocycles. The second kappa shape index (κ2) is 17.4. The summed E-state index contributed by atoms with van der Waals surface area (Å²) in [6.45, 7) is 11.8. The zero-order valence-corrected chi connectivity index (χ0v) is 32.0. The minimum absolute atomic E-state index is 0.117. The van der Waals surface area contributed by atoms with Gasteiger partial charge in [0.15, 0.2) is 0 Å². The number of fused-ring (bicyclic) bond motifs is 1. The summed E-state index contributed by atoms with van der Waals surface area (Å²) in [5.74, 6) is -3.57. The summed E-state index contributed by atoms with van der Waals surface area (Å²) < 4.78 is 13.2. The first kappa shape index (κ1) is 39.4. The monoisotopic (exact) mass is 777 g/mol. The summed E-state index contributed by atoms with van der Waals surface area (Å²) in [7, 11) is 1.69. The topological polar surface area (TPSA) is 117 Å². The fraction of sp³-hybridized carbons (Fsp3) is 0.512. The van der Waals surface area contributed by atoms with E-state index in [1.54, 1.807) is 29.0 Å². The fourth-order valence-corrected chi connectivity index (χ4v) is 9.22. The molecular weight excluding hydrogens is 726 g/mol. The van der Waals surface area contributed by atoms with Crippen molar-refractivity contribution in [1.82, 2.24) is 14.7 Å². The summed E-state index contributed by atoms with van der Waals surface area (Å²) in [6, 6.07) is 15.9. The molecular formula is C41H52BrN3O7. The molecule has 1 spiro atoms. The number of allylic oxidation sites excluding steroid dienone is 1. The van der Waals surface area contributed by atoms with Gasteiger partial charge in [-0.25, -0.2) is 0 Å². The first-order valence-corrected chi connectivity index (χ1v) is 19.3. The molecule has 5 rings (SSSR count). The number of likely N-dealkylation sites (N-methyl/N-ethyl adjacent to an activating group) is 1. The predicted molar refractivity (Wildman–Crippen MR) is 202 cm³/mol. The van der Waals surface area contributed by atoms with Crippen LogP contribution in [0.25, 0.3) is 0 Å². The molecule has 3 aliphatic heterocycles. The van der Waals surface area contributed by atoms with Gasteiger partial charge in [0, 0.05) is 31.4 Å². The van der Waals surface area contributed by atoms with Gasteiger partial charge in [-0.1, -0.05) is 109 Å². The molecule has 10 nitrogen and oxygen atoms in total. The van der Waals surface area contributed by atoms with Crippen LogP contribution in [0.3, 0.4) is 0 Å². The Labute approximate surface area is 315 Å². The zero-order chi connectivity index (χ0) is 37.6. The van der Waals surface area contributed by atoms with E-state index < -0.39 is 66.3 Å². The van der Waals surface area contributed by atoms with Gasteiger partial charge in [0.25, 0.3) is 0 Å². The maximum atomic E-state index is 15.0. The molecule has 3 aliphatic rings. The molecule has 3 amide bonds. The number of carbonyl (C=O) groups is 4. The molecule has 2 bridgehead atoms. The number of hydrogen-bond donors (Lipinski definition) is 1. The third-order valence-corrected chi connectivity index (χ3v) is 11.8. The summed E-state index contributed by atoms with van der Waals surface area (Å²) in [6.07, 6.45) is 5.54. The van der Waals surface area contributed by atoms with Crippen LogP contribution in [-0.2, 0) is 28.7 Å². The Morgan fingerprint density at radius 3 is 2.33 bits per heavy atom. The van der Waals surface area contributed by atoms with Crippen molar-refractivity contribution in [3.63, 3.8) is 0 Å². The molecule has 2 aromatic rings. The maximum absolute atomic E-state index is 15.0. The molecule has 9 atom stereocenters. The van der Waals surface area contributed by atoms with Crippen LogP contribution in [-0.4, -0.2) is 98.9 Å². The number of aliphatic hydroxyl groups is 1. The highest BCUT2D eigenvalue weighted by atomic mass is 79.9. The third-order valence-electron chi connectivity index (χ3n) is 11.0. The Kier molecular flexibility index (Phi) is 13.1. The number of esters is 1. The smallest absolute Gasteiger partial charge is 0.313 e. The van der Waals surface area contributed by atoms with Crippen molar-refractivity contribution in [1.29, 1.82) is 0 Å². The summed E-state index contributed by atoms with van der Waals surface area (Å²) >= 11 is 3.76. The van der Waals surface area contributed by atoms with Crippen molar-refractivity contribution in [2.45, 2.75) is 93.1 Å². The Hall–Kier alpha value is -3.80. The Morgan fingerprint density at radius 1 is 1.08 bits per heavy atom. The van der Waals surface area contributed by atoms with E-state index in [9.17, 15) is 24.3 Å². The van der Waals surface area contributed by atoms with Gasteiger partial charge in [0.05, 0.1) is 36.6 Å². The summed E-state index contributed by atoms with van der Waals surface area (Å²) in [5.41, 5.74) is 0.0128. The summed E-state index contributed by atoms with van der Waals surface area (Å²) in [5, 5.41) is 10.9. The van der Waals surface area contributed by atoms with Crippen LogP contribution in [0.1, 0.15) is 75.6 Å². The van der Waals surface area contributed by atoms with Gasteiger partial charge in [-0.05, 0) is 37.3 Å². The lowest BCUT2D eigenvalue weighted by atomic mass is 9.70. The van der Waals surface area contributed by atoms with E-state index in [2.05, 4.69) is 36.0 Å². The second-order valence-electron chi connectivity index (χ2n) is 14.1. The quantitative estimate of drug-likeness (QED) is 0.0885. The molecule has 11 heteroatoms. The van der Waals surface area contributed by atoms with Crippen LogP contribution in [0.4, 0.5) is 0 Å². The number of ether oxygens (including phenoxy) is 2. The number of likely N-dealkylation sites (tertiary alicyclic amines) is 1. The first-order valence-electron chi connectivity index (χ1n) is 18.4. The number of halogens is 1. The molecule has 2 aromatic carbocycles. The van der Waals surface area contributed by atoms with Crippen LogP contribution in [0.15, 0.2) is 86.0 Å². The lowest BCUT2D eigenvalue weighted by molar-refractivity contribution is -0.165. The van der Waals surface area contributed by atoms with E-state index in [4.69, 9.17) is 9.47 Å². The molecule has 3 heterocycles. The molecule has 3 fully saturated rings. The molecule has 280 valence electrons. The van der Waals surface area contributed by atoms with Gasteiger partial charge < -0.3 is 29.3 Å². The number of carbonyl (C=O) groups excluding carboxylic acids is 4. The van der Waals surface area contributed by atoms with Crippen LogP contribution in [0.2, 0.25) is 0 Å². The molecule has 52 heavy (non-hydrogen) atoms. The summed E-state index contributed by atoms with van der Waals surface area (Å²) in [4.78, 5) is 62.0. The number of rotatable bonds is 18. The lowest BCUT2D eigenvalue weighted by Crippen LogP contribution is -2.57. The van der Waals surface area contributed by atoms with Crippen molar-refractivity contribution in [3.8, 4) is 0 Å². The van der Waals surface area contributed by atoms with E-state index in [1.807, 2.05) is 67.6 Å². The molecule has 0 saturated carbocycles. The number of hydrogen-bond acceptors (Lipinski definition) is 7.